The molecule has 0 N–H and O–H groups in total. The molecule has 1 aliphatic carbocycles. The maximum Gasteiger partial charge on any atom is 0.260 e. The second-order valence-corrected chi connectivity index (χ2v) is 5.50. The Bertz CT molecular complexity index is 513. The van der Waals surface area contributed by atoms with Gasteiger partial charge in [0.15, 0.2) is 5.67 Å². The summed E-state index contributed by atoms with van der Waals surface area (Å²) in [6, 6.07) is 0. The fraction of sp³-hybridized carbons (Fsp3) is 0.643. The molecule has 1 aliphatic heterocycles. The van der Waals surface area contributed by atoms with Crippen LogP contribution in [-0.4, -0.2) is 39.5 Å². The normalized spacial score (nSPS) is 21.3. The maximum atomic E-state index is 14.2. The van der Waals surface area contributed by atoms with Crippen LogP contribution in [0.1, 0.15) is 36.2 Å². The zero-order valence-electron chi connectivity index (χ0n) is 11.2. The lowest BCUT2D eigenvalue weighted by molar-refractivity contribution is -0.149. The summed E-state index contributed by atoms with van der Waals surface area (Å²) in [5.74, 6) is -0.322. The first kappa shape index (κ1) is 12.5. The highest BCUT2D eigenvalue weighted by Gasteiger charge is 2.46. The number of aromatic nitrogens is 2. The van der Waals surface area contributed by atoms with Crippen molar-refractivity contribution < 1.29 is 9.18 Å². The van der Waals surface area contributed by atoms with E-state index in [1.54, 1.807) is 11.2 Å². The number of aryl methyl sites for hydroxylation is 1. The molecule has 5 heteroatoms. The molecule has 3 rings (SSSR count). The molecule has 1 aromatic rings. The van der Waals surface area contributed by atoms with Crippen LogP contribution in [-0.2, 0) is 17.6 Å². The van der Waals surface area contributed by atoms with Crippen molar-refractivity contribution in [3.8, 4) is 0 Å². The maximum absolute atomic E-state index is 14.2. The van der Waals surface area contributed by atoms with Crippen LogP contribution in [0.15, 0.2) is 6.33 Å². The number of rotatable bonds is 1. The van der Waals surface area contributed by atoms with E-state index in [1.807, 2.05) is 6.92 Å². The van der Waals surface area contributed by atoms with Gasteiger partial charge in [-0.25, -0.2) is 14.4 Å². The van der Waals surface area contributed by atoms with E-state index < -0.39 is 5.67 Å². The van der Waals surface area contributed by atoms with Gasteiger partial charge >= 0.3 is 0 Å². The standard InChI is InChI=1S/C14H18FN3O/c1-10-11-3-7-18(8-4-12(11)17-9-16-10)13(19)14(15)5-2-6-14/h9H,2-8H2,1H3. The molecule has 19 heavy (non-hydrogen) atoms. The second-order valence-electron chi connectivity index (χ2n) is 5.50. The van der Waals surface area contributed by atoms with Crippen molar-refractivity contribution in [1.29, 1.82) is 0 Å². The third kappa shape index (κ3) is 2.11. The monoisotopic (exact) mass is 263 g/mol. The van der Waals surface area contributed by atoms with Gasteiger partial charge in [-0.2, -0.15) is 0 Å². The summed E-state index contributed by atoms with van der Waals surface area (Å²) < 4.78 is 14.2. The van der Waals surface area contributed by atoms with Crippen LogP contribution in [0.5, 0.6) is 0 Å². The van der Waals surface area contributed by atoms with Crippen LogP contribution >= 0.6 is 0 Å². The predicted molar refractivity (Wildman–Crippen MR) is 68.4 cm³/mol. The van der Waals surface area contributed by atoms with E-state index in [1.165, 1.54) is 0 Å². The van der Waals surface area contributed by atoms with E-state index in [0.717, 1.165) is 29.8 Å². The lowest BCUT2D eigenvalue weighted by Gasteiger charge is -2.36. The molecule has 2 heterocycles. The minimum atomic E-state index is -1.59. The first-order valence-corrected chi connectivity index (χ1v) is 6.88. The Labute approximate surface area is 112 Å². The van der Waals surface area contributed by atoms with E-state index >= 15 is 0 Å². The Kier molecular flexibility index (Phi) is 2.99. The molecule has 0 spiro atoms. The number of hydrogen-bond donors (Lipinski definition) is 0. The minimum absolute atomic E-state index is 0.322. The topological polar surface area (TPSA) is 46.1 Å². The van der Waals surface area contributed by atoms with E-state index in [-0.39, 0.29) is 5.91 Å². The molecule has 1 fully saturated rings. The summed E-state index contributed by atoms with van der Waals surface area (Å²) in [5, 5.41) is 0. The van der Waals surface area contributed by atoms with Crippen molar-refractivity contribution in [1.82, 2.24) is 14.9 Å². The molecular weight excluding hydrogens is 245 g/mol. The molecule has 0 aromatic carbocycles. The van der Waals surface area contributed by atoms with Crippen LogP contribution < -0.4 is 0 Å². The van der Waals surface area contributed by atoms with Gasteiger partial charge in [-0.1, -0.05) is 0 Å². The van der Waals surface area contributed by atoms with Crippen molar-refractivity contribution in [3.05, 3.63) is 23.3 Å². The number of halogens is 1. The van der Waals surface area contributed by atoms with Gasteiger partial charge in [-0.05, 0) is 38.2 Å². The number of nitrogens with zero attached hydrogens (tertiary/aromatic N) is 3. The number of carbonyl (C=O) groups excluding carboxylic acids is 1. The van der Waals surface area contributed by atoms with Crippen molar-refractivity contribution >= 4 is 5.91 Å². The van der Waals surface area contributed by atoms with Crippen molar-refractivity contribution in [2.24, 2.45) is 0 Å². The zero-order valence-corrected chi connectivity index (χ0v) is 11.2. The largest absolute Gasteiger partial charge is 0.339 e. The molecular formula is C14H18FN3O. The number of carbonyl (C=O) groups is 1. The molecule has 0 saturated heterocycles. The lowest BCUT2D eigenvalue weighted by Crippen LogP contribution is -2.51. The summed E-state index contributed by atoms with van der Waals surface area (Å²) in [4.78, 5) is 22.4. The highest BCUT2D eigenvalue weighted by Crippen LogP contribution is 2.37. The molecule has 2 aliphatic rings. The predicted octanol–water partition coefficient (Wildman–Crippen LogP) is 1.60. The molecule has 0 bridgehead atoms. The van der Waals surface area contributed by atoms with Crippen molar-refractivity contribution in [2.75, 3.05) is 13.1 Å². The van der Waals surface area contributed by atoms with Crippen LogP contribution in [0.3, 0.4) is 0 Å². The van der Waals surface area contributed by atoms with Gasteiger partial charge in [0.05, 0.1) is 0 Å². The van der Waals surface area contributed by atoms with E-state index in [9.17, 15) is 9.18 Å². The van der Waals surface area contributed by atoms with Crippen molar-refractivity contribution in [2.45, 2.75) is 44.7 Å². The number of fused-ring (bicyclic) bond motifs is 1. The average Bonchev–Trinajstić information content (AvgIpc) is 2.58. The van der Waals surface area contributed by atoms with Gasteiger partial charge < -0.3 is 4.90 Å². The number of hydrogen-bond acceptors (Lipinski definition) is 3. The molecule has 0 atom stereocenters. The quantitative estimate of drug-likeness (QED) is 0.773. The van der Waals surface area contributed by atoms with Crippen LogP contribution in [0, 0.1) is 6.92 Å². The van der Waals surface area contributed by atoms with Gasteiger partial charge in [0.25, 0.3) is 5.91 Å². The Morgan fingerprint density at radius 3 is 2.74 bits per heavy atom. The first-order valence-electron chi connectivity index (χ1n) is 6.88. The third-order valence-corrected chi connectivity index (χ3v) is 4.32. The van der Waals surface area contributed by atoms with Crippen LogP contribution in [0.25, 0.3) is 0 Å². The molecule has 102 valence electrons. The Balaban J connectivity index is 1.77. The summed E-state index contributed by atoms with van der Waals surface area (Å²) in [5.41, 5.74) is 1.51. The van der Waals surface area contributed by atoms with Crippen LogP contribution in [0.2, 0.25) is 0 Å². The number of alkyl halides is 1. The van der Waals surface area contributed by atoms with Gasteiger partial charge in [-0.15, -0.1) is 0 Å². The SMILES string of the molecule is Cc1ncnc2c1CCN(C(=O)C1(F)CCC1)CC2. The lowest BCUT2D eigenvalue weighted by atomic mass is 9.81. The van der Waals surface area contributed by atoms with Gasteiger partial charge in [-0.3, -0.25) is 4.79 Å². The highest BCUT2D eigenvalue weighted by molar-refractivity contribution is 5.86. The smallest absolute Gasteiger partial charge is 0.260 e. The summed E-state index contributed by atoms with van der Waals surface area (Å²) in [6.45, 7) is 3.10. The Morgan fingerprint density at radius 2 is 2.05 bits per heavy atom. The molecule has 1 aromatic heterocycles. The van der Waals surface area contributed by atoms with Crippen molar-refractivity contribution in [3.63, 3.8) is 0 Å². The second kappa shape index (κ2) is 4.54. The molecule has 4 nitrogen and oxygen atoms in total. The Morgan fingerprint density at radius 1 is 1.32 bits per heavy atom. The molecule has 1 amide bonds. The highest BCUT2D eigenvalue weighted by atomic mass is 19.1. The average molecular weight is 263 g/mol. The fourth-order valence-electron chi connectivity index (χ4n) is 2.88. The van der Waals surface area contributed by atoms with Crippen LogP contribution in [0.4, 0.5) is 4.39 Å². The van der Waals surface area contributed by atoms with Gasteiger partial charge in [0.1, 0.15) is 6.33 Å². The zero-order chi connectivity index (χ0) is 13.5. The summed E-state index contributed by atoms with van der Waals surface area (Å²) in [6.07, 6.45) is 4.57. The third-order valence-electron chi connectivity index (χ3n) is 4.32. The molecule has 1 saturated carbocycles. The van der Waals surface area contributed by atoms with E-state index in [0.29, 0.717) is 32.4 Å². The first-order chi connectivity index (χ1) is 9.10. The Hall–Kier alpha value is -1.52. The molecule has 0 unspecified atom stereocenters. The van der Waals surface area contributed by atoms with Gasteiger partial charge in [0.2, 0.25) is 0 Å². The minimum Gasteiger partial charge on any atom is -0.339 e. The van der Waals surface area contributed by atoms with E-state index in [2.05, 4.69) is 9.97 Å². The van der Waals surface area contributed by atoms with Gasteiger partial charge in [0, 0.05) is 30.9 Å². The number of amides is 1. The summed E-state index contributed by atoms with van der Waals surface area (Å²) >= 11 is 0. The summed E-state index contributed by atoms with van der Waals surface area (Å²) in [7, 11) is 0. The van der Waals surface area contributed by atoms with E-state index in [4.69, 9.17) is 0 Å². The molecule has 0 radical (unpaired) electrons. The fourth-order valence-corrected chi connectivity index (χ4v) is 2.88.